The zero-order valence-electron chi connectivity index (χ0n) is 15.5. The van der Waals surface area contributed by atoms with Gasteiger partial charge in [-0.05, 0) is 77.6 Å². The van der Waals surface area contributed by atoms with Gasteiger partial charge in [-0.25, -0.2) is 0 Å². The highest BCUT2D eigenvalue weighted by molar-refractivity contribution is 14.3. The summed E-state index contributed by atoms with van der Waals surface area (Å²) in [4.78, 5) is 0. The fraction of sp³-hybridized carbons (Fsp3) is 1.00. The van der Waals surface area contributed by atoms with Crippen LogP contribution in [0.25, 0.3) is 0 Å². The van der Waals surface area contributed by atoms with Crippen molar-refractivity contribution in [1.29, 1.82) is 0 Å². The molecule has 3 unspecified atom stereocenters. The minimum atomic E-state index is -0.854. The van der Waals surface area contributed by atoms with Gasteiger partial charge in [0.15, 0.2) is 88.2 Å². The van der Waals surface area contributed by atoms with Gasteiger partial charge in [0.05, 0.1) is 22.6 Å². The van der Waals surface area contributed by atoms with Crippen molar-refractivity contribution in [3.8, 4) is 0 Å². The molecular formula is C19H34I4P2+2. The molecule has 0 radical (unpaired) electrons. The summed E-state index contributed by atoms with van der Waals surface area (Å²) in [6.45, 7) is 2.69. The summed E-state index contributed by atoms with van der Waals surface area (Å²) in [5.41, 5.74) is 4.24. The first kappa shape index (κ1) is 23.4. The molecule has 0 aromatic rings. The molecule has 3 saturated carbocycles. The van der Waals surface area contributed by atoms with Crippen molar-refractivity contribution in [3.63, 3.8) is 0 Å². The van der Waals surface area contributed by atoms with Crippen LogP contribution in [0.2, 0.25) is 0 Å². The summed E-state index contributed by atoms with van der Waals surface area (Å²) in [6, 6.07) is 0. The highest BCUT2D eigenvalue weighted by Crippen LogP contribution is 2.89. The van der Waals surface area contributed by atoms with Crippen LogP contribution in [0.1, 0.15) is 90.4 Å². The van der Waals surface area contributed by atoms with Crippen molar-refractivity contribution in [1.82, 2.24) is 0 Å². The fourth-order valence-electron chi connectivity index (χ4n) is 5.67. The zero-order chi connectivity index (χ0) is 18.1. The number of halogens is 4. The van der Waals surface area contributed by atoms with E-state index in [0.717, 1.165) is 28.6 Å². The molecule has 25 heavy (non-hydrogen) atoms. The summed E-state index contributed by atoms with van der Waals surface area (Å²) in [6.07, 6.45) is 19.9. The molecule has 3 aliphatic carbocycles. The lowest BCUT2D eigenvalue weighted by atomic mass is 10.0. The molecule has 3 atom stereocenters. The molecule has 0 nitrogen and oxygen atoms in total. The highest BCUT2D eigenvalue weighted by atomic mass is 127. The molecule has 0 aromatic carbocycles. The molecule has 3 rings (SSSR count). The summed E-state index contributed by atoms with van der Waals surface area (Å²) < 4.78 is -1.69. The molecule has 146 valence electrons. The molecule has 3 aliphatic rings. The van der Waals surface area contributed by atoms with Gasteiger partial charge in [0.25, 0.3) is 0 Å². The van der Waals surface area contributed by atoms with Crippen LogP contribution in [0, 0.1) is 5.92 Å². The Bertz CT molecular complexity index is 431. The quantitative estimate of drug-likeness (QED) is 0.191. The predicted octanol–water partition coefficient (Wildman–Crippen LogP) is 10.6. The first-order valence-electron chi connectivity index (χ1n) is 10.4. The van der Waals surface area contributed by atoms with Crippen LogP contribution in [0.15, 0.2) is 0 Å². The second-order valence-corrected chi connectivity index (χ2v) is 44.3. The van der Waals surface area contributed by atoms with E-state index >= 15 is 0 Å². The lowest BCUT2D eigenvalue weighted by molar-refractivity contribution is 0.491. The van der Waals surface area contributed by atoms with Crippen molar-refractivity contribution in [2.24, 2.45) is 5.92 Å². The molecule has 6 heteroatoms. The van der Waals surface area contributed by atoms with Crippen LogP contribution in [-0.2, 0) is 0 Å². The maximum absolute atomic E-state index is 3.03. The van der Waals surface area contributed by atoms with Gasteiger partial charge in [-0.2, -0.15) is 0 Å². The molecule has 0 aromatic heterocycles. The Morgan fingerprint density at radius 3 is 1.72 bits per heavy atom. The molecule has 0 saturated heterocycles. The number of hydrogen-bond donors (Lipinski definition) is 0. The van der Waals surface area contributed by atoms with Crippen LogP contribution in [0.4, 0.5) is 0 Å². The smallest absolute Gasteiger partial charge is 0.0530 e. The third kappa shape index (κ3) is 5.53. The largest absolute Gasteiger partial charge is 0.166 e. The second kappa shape index (κ2) is 10.4. The van der Waals surface area contributed by atoms with Crippen LogP contribution >= 0.6 is 93.3 Å². The van der Waals surface area contributed by atoms with Gasteiger partial charge in [0.2, 0.25) is 0 Å². The van der Waals surface area contributed by atoms with Crippen molar-refractivity contribution >= 4 is 93.3 Å². The predicted molar refractivity (Wildman–Crippen MR) is 154 cm³/mol. The standard InChI is InChI=1S/C19H34I4P2/c1-15(24(20,21)16-9-4-2-5-10-16)18-13-8-14-19(18)25(22,23)17-11-6-3-7-12-17/h15-19H,2-14H2,1H3/q+2. The summed E-state index contributed by atoms with van der Waals surface area (Å²) >= 11 is 12.1. The lowest BCUT2D eigenvalue weighted by Crippen LogP contribution is -2.31. The Morgan fingerprint density at radius 1 is 0.640 bits per heavy atom. The van der Waals surface area contributed by atoms with Gasteiger partial charge in [0, 0.05) is 5.92 Å². The third-order valence-electron chi connectivity index (χ3n) is 7.26. The number of hydrogen-bond acceptors (Lipinski definition) is 0. The Balaban J connectivity index is 1.73. The topological polar surface area (TPSA) is 0 Å². The summed E-state index contributed by atoms with van der Waals surface area (Å²) in [7, 11) is 0. The summed E-state index contributed by atoms with van der Waals surface area (Å²) in [5.74, 6) is 1.05. The lowest BCUT2D eigenvalue weighted by Gasteiger charge is -2.38. The zero-order valence-corrected chi connectivity index (χ0v) is 25.9. The molecule has 0 amide bonds. The van der Waals surface area contributed by atoms with Crippen LogP contribution in [0.5, 0.6) is 0 Å². The van der Waals surface area contributed by atoms with E-state index in [9.17, 15) is 0 Å². The van der Waals surface area contributed by atoms with E-state index < -0.39 is 5.09 Å². The minimum Gasteiger partial charge on any atom is -0.0530 e. The third-order valence-corrected chi connectivity index (χ3v) is 32.3. The average molecular weight is 832 g/mol. The van der Waals surface area contributed by atoms with E-state index in [4.69, 9.17) is 0 Å². The number of rotatable bonds is 5. The maximum Gasteiger partial charge on any atom is 0.166 e. The first-order chi connectivity index (χ1) is 11.8. The van der Waals surface area contributed by atoms with Gasteiger partial charge in [-0.15, -0.1) is 0 Å². The Hall–Kier alpha value is 3.78. The normalized spacial score (nSPS) is 32.0. The first-order valence-corrected chi connectivity index (χ1v) is 25.4. The molecular weight excluding hydrogens is 798 g/mol. The molecule has 0 bridgehead atoms. The van der Waals surface area contributed by atoms with E-state index in [0.29, 0.717) is 0 Å². The van der Waals surface area contributed by atoms with Crippen molar-refractivity contribution in [2.75, 3.05) is 0 Å². The Kier molecular flexibility index (Phi) is 9.75. The van der Waals surface area contributed by atoms with Crippen molar-refractivity contribution in [3.05, 3.63) is 0 Å². The average Bonchev–Trinajstić information content (AvgIpc) is 3.13. The SMILES string of the molecule is CC(C1CCCC1[P+](I)(I)C1CCCCC1)[P+](I)(I)C1CCCCC1. The van der Waals surface area contributed by atoms with Gasteiger partial charge < -0.3 is 0 Å². The Morgan fingerprint density at radius 2 is 1.16 bits per heavy atom. The molecule has 0 aliphatic heterocycles. The van der Waals surface area contributed by atoms with Gasteiger partial charge in [-0.3, -0.25) is 0 Å². The Labute approximate surface area is 209 Å². The highest BCUT2D eigenvalue weighted by Gasteiger charge is 2.60. The molecule has 0 N–H and O–H groups in total. The van der Waals surface area contributed by atoms with Crippen LogP contribution in [0.3, 0.4) is 0 Å². The summed E-state index contributed by atoms with van der Waals surface area (Å²) in [5, 5.41) is 0. The van der Waals surface area contributed by atoms with E-state index in [1.165, 1.54) is 44.9 Å². The van der Waals surface area contributed by atoms with E-state index in [-0.39, 0.29) is 0 Å². The minimum absolute atomic E-state index is 0.834. The molecule has 3 fully saturated rings. The molecule has 0 spiro atoms. The van der Waals surface area contributed by atoms with Gasteiger partial charge in [0.1, 0.15) is 5.09 Å². The van der Waals surface area contributed by atoms with E-state index in [1.807, 2.05) is 0 Å². The van der Waals surface area contributed by atoms with Gasteiger partial charge >= 0.3 is 0 Å². The van der Waals surface area contributed by atoms with Crippen molar-refractivity contribution < 1.29 is 0 Å². The van der Waals surface area contributed by atoms with Crippen molar-refractivity contribution in [2.45, 2.75) is 113 Å². The van der Waals surface area contributed by atoms with Gasteiger partial charge in [-0.1, -0.05) is 12.8 Å². The second-order valence-electron chi connectivity index (χ2n) is 8.69. The van der Waals surface area contributed by atoms with Crippen LogP contribution < -0.4 is 0 Å². The van der Waals surface area contributed by atoms with E-state index in [2.05, 4.69) is 95.1 Å². The fourth-order valence-corrected chi connectivity index (χ4v) is 24.7. The monoisotopic (exact) mass is 832 g/mol. The maximum atomic E-state index is 3.03. The van der Waals surface area contributed by atoms with E-state index in [1.54, 1.807) is 38.5 Å². The molecule has 0 heterocycles. The van der Waals surface area contributed by atoms with Crippen LogP contribution in [-0.4, -0.2) is 22.6 Å².